The van der Waals surface area contributed by atoms with Crippen LogP contribution in [0.5, 0.6) is 0 Å². The number of hydrogen-bond donors (Lipinski definition) is 1. The van der Waals surface area contributed by atoms with Crippen LogP contribution in [0.3, 0.4) is 0 Å². The van der Waals surface area contributed by atoms with Crippen molar-refractivity contribution in [2.45, 2.75) is 46.6 Å². The van der Waals surface area contributed by atoms with E-state index in [4.69, 9.17) is 0 Å². The normalized spacial score (nSPS) is 18.6. The van der Waals surface area contributed by atoms with Gasteiger partial charge in [-0.25, -0.2) is 0 Å². The monoisotopic (exact) mass is 226 g/mol. The van der Waals surface area contributed by atoms with Crippen molar-refractivity contribution in [3.05, 3.63) is 0 Å². The summed E-state index contributed by atoms with van der Waals surface area (Å²) in [5, 5.41) is 3.15. The van der Waals surface area contributed by atoms with Gasteiger partial charge >= 0.3 is 0 Å². The predicted molar refractivity (Wildman–Crippen MR) is 67.3 cm³/mol. The molecule has 3 heteroatoms. The zero-order valence-corrected chi connectivity index (χ0v) is 11.1. The lowest BCUT2D eigenvalue weighted by molar-refractivity contribution is -0.125. The number of carbonyl (C=O) groups is 1. The maximum Gasteiger partial charge on any atom is 0.222 e. The fourth-order valence-electron chi connectivity index (χ4n) is 1.85. The van der Waals surface area contributed by atoms with Crippen LogP contribution in [0.4, 0.5) is 0 Å². The summed E-state index contributed by atoms with van der Waals surface area (Å²) in [5.74, 6) is 0.788. The van der Waals surface area contributed by atoms with Gasteiger partial charge in [-0.3, -0.25) is 4.79 Å². The van der Waals surface area contributed by atoms with Gasteiger partial charge in [0.15, 0.2) is 0 Å². The molecule has 1 aliphatic rings. The zero-order chi connectivity index (χ0) is 12.1. The topological polar surface area (TPSA) is 32.3 Å². The van der Waals surface area contributed by atoms with E-state index < -0.39 is 0 Å². The molecule has 0 saturated carbocycles. The van der Waals surface area contributed by atoms with E-state index in [2.05, 4.69) is 24.1 Å². The van der Waals surface area contributed by atoms with Gasteiger partial charge in [-0.2, -0.15) is 0 Å². The predicted octanol–water partition coefficient (Wildman–Crippen LogP) is 1.88. The van der Waals surface area contributed by atoms with Crippen LogP contribution < -0.4 is 5.32 Å². The molecule has 3 nitrogen and oxygen atoms in total. The summed E-state index contributed by atoms with van der Waals surface area (Å²) < 4.78 is 0. The molecule has 0 spiro atoms. The van der Waals surface area contributed by atoms with E-state index in [1.807, 2.05) is 13.8 Å². The van der Waals surface area contributed by atoms with Crippen LogP contribution in [-0.2, 0) is 4.79 Å². The Morgan fingerprint density at radius 3 is 2.25 bits per heavy atom. The van der Waals surface area contributed by atoms with Gasteiger partial charge < -0.3 is 10.2 Å². The molecule has 1 aliphatic heterocycles. The van der Waals surface area contributed by atoms with Crippen LogP contribution in [0.2, 0.25) is 0 Å². The van der Waals surface area contributed by atoms with E-state index in [0.717, 1.165) is 13.0 Å². The molecule has 0 aromatic heterocycles. The number of nitrogens with one attached hydrogen (secondary N) is 1. The van der Waals surface area contributed by atoms with Crippen LogP contribution in [-0.4, -0.2) is 36.5 Å². The molecule has 94 valence electrons. The molecule has 0 aromatic rings. The third-order valence-electron chi connectivity index (χ3n) is 3.36. The molecular weight excluding hydrogens is 200 g/mol. The van der Waals surface area contributed by atoms with Gasteiger partial charge in [0, 0.05) is 18.5 Å². The maximum absolute atomic E-state index is 11.7. The summed E-state index contributed by atoms with van der Waals surface area (Å²) in [7, 11) is 0. The van der Waals surface area contributed by atoms with E-state index in [1.165, 1.54) is 19.5 Å². The quantitative estimate of drug-likeness (QED) is 0.750. The van der Waals surface area contributed by atoms with E-state index in [1.54, 1.807) is 0 Å². The summed E-state index contributed by atoms with van der Waals surface area (Å²) in [6.07, 6.45) is 2.42. The van der Waals surface area contributed by atoms with E-state index >= 15 is 0 Å². The highest BCUT2D eigenvalue weighted by atomic mass is 16.1. The van der Waals surface area contributed by atoms with Crippen LogP contribution in [0, 0.1) is 11.8 Å². The Labute approximate surface area is 99.6 Å². The average Bonchev–Trinajstić information content (AvgIpc) is 2.12. The van der Waals surface area contributed by atoms with Crippen molar-refractivity contribution >= 4 is 5.91 Å². The molecule has 0 bridgehead atoms. The molecule has 1 amide bonds. The maximum atomic E-state index is 11.7. The van der Waals surface area contributed by atoms with Crippen LogP contribution in [0.15, 0.2) is 0 Å². The third-order valence-corrected chi connectivity index (χ3v) is 3.36. The average molecular weight is 226 g/mol. The van der Waals surface area contributed by atoms with Crippen LogP contribution in [0.25, 0.3) is 0 Å². The van der Waals surface area contributed by atoms with Crippen molar-refractivity contribution in [1.82, 2.24) is 10.2 Å². The summed E-state index contributed by atoms with van der Waals surface area (Å²) >= 11 is 0. The molecule has 0 aliphatic carbocycles. The minimum absolute atomic E-state index is 0.0882. The van der Waals surface area contributed by atoms with Gasteiger partial charge in [0.25, 0.3) is 0 Å². The van der Waals surface area contributed by atoms with Gasteiger partial charge in [0.2, 0.25) is 5.91 Å². The van der Waals surface area contributed by atoms with Crippen molar-refractivity contribution in [2.24, 2.45) is 11.8 Å². The molecule has 1 heterocycles. The second-order valence-corrected chi connectivity index (χ2v) is 5.50. The molecule has 1 fully saturated rings. The standard InChI is InChI=1S/C13H26N2O/c1-10(2)12(14-13(16)11(3)4)6-9-15-7-5-8-15/h10-12H,5-9H2,1-4H3,(H,14,16). The SMILES string of the molecule is CC(C)C(=O)NC(CCN1CCC1)C(C)C. The minimum atomic E-state index is 0.0882. The van der Waals surface area contributed by atoms with Crippen molar-refractivity contribution < 1.29 is 4.79 Å². The molecule has 0 aromatic carbocycles. The lowest BCUT2D eigenvalue weighted by atomic mass is 9.99. The first-order valence-corrected chi connectivity index (χ1v) is 6.53. The van der Waals surface area contributed by atoms with E-state index in [9.17, 15) is 4.79 Å². The third kappa shape index (κ3) is 4.12. The summed E-state index contributed by atoms with van der Waals surface area (Å²) in [5.41, 5.74) is 0. The second kappa shape index (κ2) is 6.24. The van der Waals surface area contributed by atoms with Gasteiger partial charge in [0.05, 0.1) is 0 Å². The van der Waals surface area contributed by atoms with E-state index in [0.29, 0.717) is 12.0 Å². The van der Waals surface area contributed by atoms with Crippen LogP contribution in [0.1, 0.15) is 40.5 Å². The molecule has 1 unspecified atom stereocenters. The minimum Gasteiger partial charge on any atom is -0.353 e. The molecule has 1 saturated heterocycles. The molecule has 0 radical (unpaired) electrons. The first-order valence-electron chi connectivity index (χ1n) is 6.53. The number of likely N-dealkylation sites (tertiary alicyclic amines) is 1. The molecular formula is C13H26N2O. The number of rotatable bonds is 6. The van der Waals surface area contributed by atoms with Crippen LogP contribution >= 0.6 is 0 Å². The highest BCUT2D eigenvalue weighted by molar-refractivity contribution is 5.78. The summed E-state index contributed by atoms with van der Waals surface area (Å²) in [6.45, 7) is 11.9. The Hall–Kier alpha value is -0.570. The van der Waals surface area contributed by atoms with Gasteiger partial charge in [0.1, 0.15) is 0 Å². The Bertz CT molecular complexity index is 222. The first kappa shape index (κ1) is 13.5. The zero-order valence-electron chi connectivity index (χ0n) is 11.1. The Kier molecular flexibility index (Phi) is 5.26. The Morgan fingerprint density at radius 2 is 1.88 bits per heavy atom. The van der Waals surface area contributed by atoms with Gasteiger partial charge in [-0.05, 0) is 31.8 Å². The van der Waals surface area contributed by atoms with Crippen molar-refractivity contribution in [3.63, 3.8) is 0 Å². The fraction of sp³-hybridized carbons (Fsp3) is 0.923. The number of nitrogens with zero attached hydrogens (tertiary/aromatic N) is 1. The lowest BCUT2D eigenvalue weighted by Gasteiger charge is -2.33. The Balaban J connectivity index is 2.31. The van der Waals surface area contributed by atoms with E-state index in [-0.39, 0.29) is 11.8 Å². The van der Waals surface area contributed by atoms with Crippen molar-refractivity contribution in [2.75, 3.05) is 19.6 Å². The highest BCUT2D eigenvalue weighted by Crippen LogP contribution is 2.12. The lowest BCUT2D eigenvalue weighted by Crippen LogP contribution is -2.45. The highest BCUT2D eigenvalue weighted by Gasteiger charge is 2.20. The molecule has 16 heavy (non-hydrogen) atoms. The van der Waals surface area contributed by atoms with Crippen molar-refractivity contribution in [3.8, 4) is 0 Å². The number of amides is 1. The second-order valence-electron chi connectivity index (χ2n) is 5.50. The van der Waals surface area contributed by atoms with Gasteiger partial charge in [-0.15, -0.1) is 0 Å². The summed E-state index contributed by atoms with van der Waals surface area (Å²) in [4.78, 5) is 14.1. The largest absolute Gasteiger partial charge is 0.353 e. The fourth-order valence-corrected chi connectivity index (χ4v) is 1.85. The first-order chi connectivity index (χ1) is 7.50. The van der Waals surface area contributed by atoms with Crippen molar-refractivity contribution in [1.29, 1.82) is 0 Å². The smallest absolute Gasteiger partial charge is 0.222 e. The molecule has 1 rings (SSSR count). The summed E-state index contributed by atoms with van der Waals surface area (Å²) in [6, 6.07) is 0.329. The Morgan fingerprint density at radius 1 is 1.25 bits per heavy atom. The number of hydrogen-bond acceptors (Lipinski definition) is 2. The number of carbonyl (C=O) groups excluding carboxylic acids is 1. The molecule has 1 N–H and O–H groups in total. The molecule has 1 atom stereocenters. The van der Waals surface area contributed by atoms with Gasteiger partial charge in [-0.1, -0.05) is 27.7 Å².